The molecule has 0 heterocycles. The molecule has 21 heavy (non-hydrogen) atoms. The second-order valence-corrected chi connectivity index (χ2v) is 6.58. The fourth-order valence-corrected chi connectivity index (χ4v) is 3.23. The predicted molar refractivity (Wildman–Crippen MR) is 90.8 cm³/mol. The third-order valence-corrected chi connectivity index (χ3v) is 4.70. The van der Waals surface area contributed by atoms with E-state index in [2.05, 4.69) is 88.4 Å². The second-order valence-electron chi connectivity index (χ2n) is 6.58. The summed E-state index contributed by atoms with van der Waals surface area (Å²) in [5, 5.41) is 0. The number of hydrogen-bond acceptors (Lipinski definition) is 0. The van der Waals surface area contributed by atoms with Gasteiger partial charge in [0.15, 0.2) is 0 Å². The average molecular weight is 282 g/mol. The zero-order chi connectivity index (χ0) is 15.3. The Kier molecular flexibility index (Phi) is 5.19. The number of benzene rings is 2. The Morgan fingerprint density at radius 2 is 0.952 bits per heavy atom. The van der Waals surface area contributed by atoms with Crippen LogP contribution in [0.1, 0.15) is 38.8 Å². The summed E-state index contributed by atoms with van der Waals surface area (Å²) < 4.78 is 1.09. The van der Waals surface area contributed by atoms with Gasteiger partial charge >= 0.3 is 0 Å². The highest BCUT2D eigenvalue weighted by Gasteiger charge is 2.35. The molecular weight excluding hydrogens is 254 g/mol. The number of rotatable bonds is 6. The Hall–Kier alpha value is -1.60. The minimum absolute atomic E-state index is 0.588. The van der Waals surface area contributed by atoms with Crippen LogP contribution in [0.15, 0.2) is 60.7 Å². The topological polar surface area (TPSA) is 0 Å². The van der Waals surface area contributed by atoms with E-state index >= 15 is 0 Å². The van der Waals surface area contributed by atoms with Crippen LogP contribution in [0.25, 0.3) is 0 Å². The van der Waals surface area contributed by atoms with Gasteiger partial charge in [0.25, 0.3) is 0 Å². The van der Waals surface area contributed by atoms with Crippen LogP contribution < -0.4 is 0 Å². The van der Waals surface area contributed by atoms with Crippen LogP contribution >= 0.6 is 0 Å². The number of hydrogen-bond donors (Lipinski definition) is 0. The van der Waals surface area contributed by atoms with E-state index in [4.69, 9.17) is 0 Å². The zero-order valence-electron chi connectivity index (χ0n) is 13.8. The first-order chi connectivity index (χ1) is 10.0. The summed E-state index contributed by atoms with van der Waals surface area (Å²) in [6, 6.07) is 23.0. The molecule has 0 fully saturated rings. The van der Waals surface area contributed by atoms with E-state index in [1.807, 2.05) is 0 Å². The van der Waals surface area contributed by atoms with Crippen LogP contribution in [0.4, 0.5) is 0 Å². The summed E-state index contributed by atoms with van der Waals surface area (Å²) in [7, 11) is 0. The van der Waals surface area contributed by atoms with Crippen molar-refractivity contribution >= 4 is 0 Å². The fraction of sp³-hybridized carbons (Fsp3) is 0.400. The molecule has 2 aromatic rings. The maximum absolute atomic E-state index is 2.35. The molecule has 0 radical (unpaired) electrons. The largest absolute Gasteiger partial charge is 0.312 e. The number of nitrogens with zero attached hydrogens (tertiary/aromatic N) is 1. The summed E-state index contributed by atoms with van der Waals surface area (Å²) >= 11 is 0. The molecule has 112 valence electrons. The van der Waals surface area contributed by atoms with Crippen molar-refractivity contribution < 1.29 is 4.48 Å². The zero-order valence-corrected chi connectivity index (χ0v) is 13.8. The lowest BCUT2D eigenvalue weighted by molar-refractivity contribution is -0.991. The van der Waals surface area contributed by atoms with Gasteiger partial charge in [0.1, 0.15) is 13.1 Å². The molecule has 0 aromatic heterocycles. The van der Waals surface area contributed by atoms with Crippen LogP contribution in [0.2, 0.25) is 0 Å². The van der Waals surface area contributed by atoms with Crippen LogP contribution in [0, 0.1) is 0 Å². The van der Waals surface area contributed by atoms with Crippen molar-refractivity contribution in [2.75, 3.05) is 0 Å². The quantitative estimate of drug-likeness (QED) is 0.653. The third-order valence-electron chi connectivity index (χ3n) is 4.70. The van der Waals surface area contributed by atoms with Gasteiger partial charge < -0.3 is 4.48 Å². The molecule has 0 N–H and O–H groups in total. The normalized spacial score (nSPS) is 12.1. The van der Waals surface area contributed by atoms with Crippen molar-refractivity contribution in [1.82, 2.24) is 0 Å². The summed E-state index contributed by atoms with van der Waals surface area (Å²) in [6.07, 6.45) is 0. The number of quaternary nitrogens is 1. The maximum Gasteiger partial charge on any atom is 0.105 e. The van der Waals surface area contributed by atoms with Crippen molar-refractivity contribution in [1.29, 1.82) is 0 Å². The Labute approximate surface area is 129 Å². The Morgan fingerprint density at radius 1 is 0.619 bits per heavy atom. The summed E-state index contributed by atoms with van der Waals surface area (Å²) in [5.74, 6) is 0. The van der Waals surface area contributed by atoms with Gasteiger partial charge in [-0.15, -0.1) is 0 Å². The highest BCUT2D eigenvalue weighted by molar-refractivity contribution is 5.15. The van der Waals surface area contributed by atoms with Crippen molar-refractivity contribution in [3.05, 3.63) is 71.8 Å². The van der Waals surface area contributed by atoms with Crippen molar-refractivity contribution in [2.45, 2.75) is 52.9 Å². The molecule has 0 atom stereocenters. The molecule has 0 bridgehead atoms. The Balaban J connectivity index is 2.34. The minimum Gasteiger partial charge on any atom is -0.312 e. The lowest BCUT2D eigenvalue weighted by Gasteiger charge is -2.46. The van der Waals surface area contributed by atoms with E-state index in [0.717, 1.165) is 17.6 Å². The molecule has 2 rings (SSSR count). The van der Waals surface area contributed by atoms with Crippen LogP contribution in [-0.4, -0.2) is 16.6 Å². The Morgan fingerprint density at radius 3 is 1.24 bits per heavy atom. The minimum atomic E-state index is 0.588. The van der Waals surface area contributed by atoms with Gasteiger partial charge in [0.05, 0.1) is 12.1 Å². The van der Waals surface area contributed by atoms with Gasteiger partial charge in [-0.25, -0.2) is 0 Å². The summed E-state index contributed by atoms with van der Waals surface area (Å²) in [6.45, 7) is 11.6. The SMILES string of the molecule is CC(C)[N+](Cc1ccccc1)(Cc1ccccc1)C(C)C. The molecule has 1 nitrogen and oxygen atoms in total. The average Bonchev–Trinajstić information content (AvgIpc) is 2.48. The highest BCUT2D eigenvalue weighted by Crippen LogP contribution is 2.27. The van der Waals surface area contributed by atoms with Crippen molar-refractivity contribution in [2.24, 2.45) is 0 Å². The van der Waals surface area contributed by atoms with Crippen LogP contribution in [0.3, 0.4) is 0 Å². The smallest absolute Gasteiger partial charge is 0.105 e. The summed E-state index contributed by atoms with van der Waals surface area (Å²) in [5.41, 5.74) is 2.85. The first-order valence-corrected chi connectivity index (χ1v) is 7.99. The molecule has 0 spiro atoms. The van der Waals surface area contributed by atoms with Crippen molar-refractivity contribution in [3.8, 4) is 0 Å². The standard InChI is InChI=1S/C20H28N/c1-17(2)21(18(3)4,15-19-11-7-5-8-12-19)16-20-13-9-6-10-14-20/h5-14,17-18H,15-16H2,1-4H3/q+1. The fourth-order valence-electron chi connectivity index (χ4n) is 3.23. The van der Waals surface area contributed by atoms with E-state index in [0.29, 0.717) is 12.1 Å². The van der Waals surface area contributed by atoms with Gasteiger partial charge in [-0.2, -0.15) is 0 Å². The predicted octanol–water partition coefficient (Wildman–Crippen LogP) is 5.02. The van der Waals surface area contributed by atoms with E-state index in [1.165, 1.54) is 11.1 Å². The van der Waals surface area contributed by atoms with Gasteiger partial charge in [0, 0.05) is 11.1 Å². The van der Waals surface area contributed by atoms with E-state index < -0.39 is 0 Å². The van der Waals surface area contributed by atoms with E-state index in [-0.39, 0.29) is 0 Å². The first kappa shape index (κ1) is 15.8. The highest BCUT2D eigenvalue weighted by atomic mass is 15.4. The van der Waals surface area contributed by atoms with Crippen LogP contribution in [-0.2, 0) is 13.1 Å². The molecule has 1 heteroatoms. The van der Waals surface area contributed by atoms with Gasteiger partial charge in [-0.1, -0.05) is 60.7 Å². The van der Waals surface area contributed by atoms with Gasteiger partial charge in [-0.05, 0) is 27.7 Å². The molecule has 2 aromatic carbocycles. The lowest BCUT2D eigenvalue weighted by Crippen LogP contribution is -2.56. The third kappa shape index (κ3) is 3.74. The molecule has 0 aliphatic rings. The van der Waals surface area contributed by atoms with Crippen molar-refractivity contribution in [3.63, 3.8) is 0 Å². The lowest BCUT2D eigenvalue weighted by atomic mass is 10.0. The molecule has 0 saturated heterocycles. The monoisotopic (exact) mass is 282 g/mol. The van der Waals surface area contributed by atoms with E-state index in [9.17, 15) is 0 Å². The van der Waals surface area contributed by atoms with Gasteiger partial charge in [-0.3, -0.25) is 0 Å². The summed E-state index contributed by atoms with van der Waals surface area (Å²) in [4.78, 5) is 0. The molecular formula is C20H28N+. The Bertz CT molecular complexity index is 477. The van der Waals surface area contributed by atoms with Crippen LogP contribution in [0.5, 0.6) is 0 Å². The molecule has 0 amide bonds. The molecule has 0 aliphatic carbocycles. The second kappa shape index (κ2) is 6.91. The molecule has 0 aliphatic heterocycles. The van der Waals surface area contributed by atoms with E-state index in [1.54, 1.807) is 0 Å². The first-order valence-electron chi connectivity index (χ1n) is 7.99. The maximum atomic E-state index is 2.35. The molecule has 0 saturated carbocycles. The molecule has 0 unspecified atom stereocenters. The van der Waals surface area contributed by atoms with Gasteiger partial charge in [0.2, 0.25) is 0 Å².